The Hall–Kier alpha value is -1.74. The average Bonchev–Trinajstić information content (AvgIpc) is 3.13. The molecular formula is C21H21Cl2N3O3S2. The lowest BCUT2D eigenvalue weighted by Crippen LogP contribution is -2.39. The number of anilines is 2. The van der Waals surface area contributed by atoms with E-state index in [4.69, 9.17) is 23.2 Å². The van der Waals surface area contributed by atoms with E-state index in [1.54, 1.807) is 18.2 Å². The molecule has 0 bridgehead atoms. The lowest BCUT2D eigenvalue weighted by atomic mass is 10.1. The van der Waals surface area contributed by atoms with Gasteiger partial charge < -0.3 is 10.2 Å². The molecule has 164 valence electrons. The van der Waals surface area contributed by atoms with Gasteiger partial charge >= 0.3 is 0 Å². The van der Waals surface area contributed by atoms with E-state index >= 15 is 0 Å². The number of para-hydroxylation sites is 1. The highest BCUT2D eigenvalue weighted by Crippen LogP contribution is 2.37. The molecule has 2 atom stereocenters. The summed E-state index contributed by atoms with van der Waals surface area (Å²) in [5.41, 5.74) is 3.46. The molecule has 1 fully saturated rings. The van der Waals surface area contributed by atoms with Crippen molar-refractivity contribution in [3.05, 3.63) is 57.6 Å². The van der Waals surface area contributed by atoms with Crippen molar-refractivity contribution in [2.75, 3.05) is 27.5 Å². The molecular weight excluding hydrogens is 477 g/mol. The largest absolute Gasteiger partial charge is 0.325 e. The van der Waals surface area contributed by atoms with Crippen LogP contribution >= 0.6 is 35.0 Å². The normalized spacial score (nSPS) is 21.7. The van der Waals surface area contributed by atoms with E-state index in [-0.39, 0.29) is 35.2 Å². The van der Waals surface area contributed by atoms with Crippen LogP contribution in [-0.2, 0) is 14.6 Å². The van der Waals surface area contributed by atoms with Crippen LogP contribution in [0.1, 0.15) is 11.1 Å². The number of carbonyl (C=O) groups is 1. The Kier molecular flexibility index (Phi) is 6.27. The number of fused-ring (bicyclic) bond motifs is 1. The number of rotatable bonds is 4. The van der Waals surface area contributed by atoms with E-state index in [1.807, 2.05) is 36.9 Å². The number of amides is 1. The number of aryl methyl sites for hydroxylation is 2. The molecule has 31 heavy (non-hydrogen) atoms. The molecule has 1 saturated heterocycles. The number of aliphatic imine (C=N–C) groups is 1. The molecule has 2 aromatic carbocycles. The molecule has 10 heteroatoms. The minimum absolute atomic E-state index is 0.00112. The van der Waals surface area contributed by atoms with Gasteiger partial charge in [-0.3, -0.25) is 9.79 Å². The van der Waals surface area contributed by atoms with Crippen LogP contribution in [-0.4, -0.2) is 48.8 Å². The van der Waals surface area contributed by atoms with Gasteiger partial charge in [0.15, 0.2) is 15.0 Å². The maximum atomic E-state index is 12.6. The van der Waals surface area contributed by atoms with Crippen LogP contribution < -0.4 is 10.2 Å². The monoisotopic (exact) mass is 497 g/mol. The van der Waals surface area contributed by atoms with Crippen LogP contribution in [0.2, 0.25) is 10.0 Å². The third-order valence-electron chi connectivity index (χ3n) is 5.31. The highest BCUT2D eigenvalue weighted by atomic mass is 35.5. The zero-order valence-electron chi connectivity index (χ0n) is 16.9. The van der Waals surface area contributed by atoms with Crippen molar-refractivity contribution in [3.63, 3.8) is 0 Å². The van der Waals surface area contributed by atoms with Crippen molar-refractivity contribution in [2.45, 2.75) is 25.9 Å². The summed E-state index contributed by atoms with van der Waals surface area (Å²) in [6.07, 6.45) is 0. The van der Waals surface area contributed by atoms with Crippen LogP contribution in [0.3, 0.4) is 0 Å². The Labute approximate surface area is 195 Å². The van der Waals surface area contributed by atoms with Crippen LogP contribution in [0.15, 0.2) is 41.4 Å². The fraction of sp³-hybridized carbons (Fsp3) is 0.333. The minimum atomic E-state index is -3.17. The van der Waals surface area contributed by atoms with Crippen molar-refractivity contribution in [1.82, 2.24) is 0 Å². The van der Waals surface area contributed by atoms with Gasteiger partial charge in [0.05, 0.1) is 29.3 Å². The summed E-state index contributed by atoms with van der Waals surface area (Å²) < 4.78 is 24.4. The van der Waals surface area contributed by atoms with Gasteiger partial charge in [-0.2, -0.15) is 0 Å². The lowest BCUT2D eigenvalue weighted by molar-refractivity contribution is -0.113. The van der Waals surface area contributed by atoms with Gasteiger partial charge in [-0.25, -0.2) is 8.42 Å². The first-order valence-corrected chi connectivity index (χ1v) is 13.2. The Morgan fingerprint density at radius 1 is 1.16 bits per heavy atom. The molecule has 0 unspecified atom stereocenters. The van der Waals surface area contributed by atoms with Crippen LogP contribution in [0.25, 0.3) is 0 Å². The van der Waals surface area contributed by atoms with Gasteiger partial charge in [0.1, 0.15) is 0 Å². The Balaban J connectivity index is 1.55. The van der Waals surface area contributed by atoms with E-state index in [1.165, 1.54) is 11.8 Å². The molecule has 1 N–H and O–H groups in total. The van der Waals surface area contributed by atoms with Gasteiger partial charge in [-0.1, -0.05) is 53.2 Å². The van der Waals surface area contributed by atoms with Gasteiger partial charge in [-0.15, -0.1) is 0 Å². The fourth-order valence-electron chi connectivity index (χ4n) is 3.93. The third-order valence-corrected chi connectivity index (χ3v) is 8.41. The van der Waals surface area contributed by atoms with Crippen LogP contribution in [0.5, 0.6) is 0 Å². The number of halogens is 2. The molecule has 2 heterocycles. The standard InChI is InChI=1S/C21H21Cl2N3O3S2/c1-12-4-3-5-13(2)20(12)25-19(27)9-30-21-24-17-10-31(28,29)11-18(17)26(21)16-7-14(22)6-15(23)8-16/h3-8,17-18H,9-11H2,1-2H3,(H,25,27)/t17-,18-/m1/s1. The van der Waals surface area contributed by atoms with Gasteiger partial charge in [0, 0.05) is 21.4 Å². The first-order valence-electron chi connectivity index (χ1n) is 9.65. The van der Waals surface area contributed by atoms with Crippen molar-refractivity contribution in [2.24, 2.45) is 4.99 Å². The fourth-order valence-corrected chi connectivity index (χ4v) is 7.21. The number of thioether (sulfide) groups is 1. The maximum absolute atomic E-state index is 12.6. The van der Waals surface area contributed by atoms with E-state index in [0.29, 0.717) is 20.9 Å². The highest BCUT2D eigenvalue weighted by Gasteiger charge is 2.47. The van der Waals surface area contributed by atoms with E-state index in [9.17, 15) is 13.2 Å². The molecule has 0 aromatic heterocycles. The number of benzene rings is 2. The molecule has 2 aliphatic rings. The first-order chi connectivity index (χ1) is 14.6. The minimum Gasteiger partial charge on any atom is -0.325 e. The van der Waals surface area contributed by atoms with Gasteiger partial charge in [0.25, 0.3) is 0 Å². The van der Waals surface area contributed by atoms with Crippen molar-refractivity contribution >= 4 is 67.3 Å². The summed E-state index contributed by atoms with van der Waals surface area (Å²) >= 11 is 13.6. The zero-order valence-corrected chi connectivity index (χ0v) is 20.1. The number of hydrogen-bond acceptors (Lipinski definition) is 6. The number of hydrogen-bond donors (Lipinski definition) is 1. The van der Waals surface area contributed by atoms with Gasteiger partial charge in [0.2, 0.25) is 5.91 Å². The molecule has 0 saturated carbocycles. The lowest BCUT2D eigenvalue weighted by Gasteiger charge is -2.26. The van der Waals surface area contributed by atoms with E-state index in [2.05, 4.69) is 10.3 Å². The molecule has 0 spiro atoms. The molecule has 0 radical (unpaired) electrons. The summed E-state index contributed by atoms with van der Waals surface area (Å²) in [5, 5.41) is 4.46. The number of carbonyl (C=O) groups excluding carboxylic acids is 1. The number of nitrogens with one attached hydrogen (secondary N) is 1. The topological polar surface area (TPSA) is 78.8 Å². The molecule has 6 nitrogen and oxygen atoms in total. The van der Waals surface area contributed by atoms with Crippen molar-refractivity contribution < 1.29 is 13.2 Å². The van der Waals surface area contributed by atoms with E-state index in [0.717, 1.165) is 16.8 Å². The summed E-state index contributed by atoms with van der Waals surface area (Å²) in [6, 6.07) is 10.2. The second-order valence-electron chi connectivity index (χ2n) is 7.72. The van der Waals surface area contributed by atoms with E-state index < -0.39 is 9.84 Å². The Bertz CT molecular complexity index is 1140. The third kappa shape index (κ3) is 4.87. The molecule has 1 amide bonds. The number of nitrogens with zero attached hydrogens (tertiary/aromatic N) is 2. The zero-order chi connectivity index (χ0) is 22.3. The molecule has 0 aliphatic carbocycles. The number of sulfone groups is 1. The predicted molar refractivity (Wildman–Crippen MR) is 130 cm³/mol. The average molecular weight is 498 g/mol. The SMILES string of the molecule is Cc1cccc(C)c1NC(=O)CSC1=N[C@@H]2CS(=O)(=O)C[C@H]2N1c1cc(Cl)cc(Cl)c1. The Morgan fingerprint density at radius 2 is 1.81 bits per heavy atom. The summed E-state index contributed by atoms with van der Waals surface area (Å²) in [4.78, 5) is 19.1. The van der Waals surface area contributed by atoms with Gasteiger partial charge in [-0.05, 0) is 43.2 Å². The quantitative estimate of drug-likeness (QED) is 0.679. The number of amidine groups is 1. The molecule has 2 aliphatic heterocycles. The molecule has 2 aromatic rings. The second-order valence-corrected chi connectivity index (χ2v) is 11.7. The predicted octanol–water partition coefficient (Wildman–Crippen LogP) is 4.32. The van der Waals surface area contributed by atoms with Crippen LogP contribution in [0, 0.1) is 13.8 Å². The summed E-state index contributed by atoms with van der Waals surface area (Å²) in [7, 11) is -3.17. The van der Waals surface area contributed by atoms with Crippen LogP contribution in [0.4, 0.5) is 11.4 Å². The maximum Gasteiger partial charge on any atom is 0.234 e. The Morgan fingerprint density at radius 3 is 2.45 bits per heavy atom. The first kappa shape index (κ1) is 22.5. The smallest absolute Gasteiger partial charge is 0.234 e. The van der Waals surface area contributed by atoms with Crippen molar-refractivity contribution in [3.8, 4) is 0 Å². The second kappa shape index (κ2) is 8.65. The highest BCUT2D eigenvalue weighted by molar-refractivity contribution is 8.14. The summed E-state index contributed by atoms with van der Waals surface area (Å²) in [5.74, 6) is -0.00633. The summed E-state index contributed by atoms with van der Waals surface area (Å²) in [6.45, 7) is 3.89. The van der Waals surface area contributed by atoms with Crippen molar-refractivity contribution in [1.29, 1.82) is 0 Å². The molecule has 4 rings (SSSR count).